The minimum Gasteiger partial charge on any atom is -0.394 e. The molecule has 1 aliphatic rings. The second-order valence-electron chi connectivity index (χ2n) is 5.34. The highest BCUT2D eigenvalue weighted by atomic mass is 16.6. The third-order valence-electron chi connectivity index (χ3n) is 3.88. The van der Waals surface area contributed by atoms with Crippen LogP contribution in [0.2, 0.25) is 0 Å². The molecule has 136 valence electrons. The smallest absolute Gasteiger partial charge is 0.200 e. The maximum absolute atomic E-state index is 12.1. The van der Waals surface area contributed by atoms with Gasteiger partial charge in [0.1, 0.15) is 42.7 Å². The van der Waals surface area contributed by atoms with Gasteiger partial charge in [-0.05, 0) is 0 Å². The second-order valence-corrected chi connectivity index (χ2v) is 5.34. The first-order chi connectivity index (χ1) is 10.7. The van der Waals surface area contributed by atoms with E-state index >= 15 is 0 Å². The molecular formula is C12H22O11. The second kappa shape index (κ2) is 7.90. The molecule has 23 heavy (non-hydrogen) atoms. The number of Topliss-reactive ketones (excluding diaryl/α,β-unsaturated/α-hetero) is 1. The highest BCUT2D eigenvalue weighted by molar-refractivity contribution is 5.92. The highest BCUT2D eigenvalue weighted by Crippen LogP contribution is 2.32. The van der Waals surface area contributed by atoms with Crippen molar-refractivity contribution in [3.8, 4) is 0 Å². The van der Waals surface area contributed by atoms with Crippen LogP contribution in [0.25, 0.3) is 0 Å². The van der Waals surface area contributed by atoms with Crippen molar-refractivity contribution >= 4 is 5.78 Å². The van der Waals surface area contributed by atoms with Gasteiger partial charge >= 0.3 is 0 Å². The Kier molecular flexibility index (Phi) is 6.97. The highest BCUT2D eigenvalue weighted by Gasteiger charge is 2.59. The summed E-state index contributed by atoms with van der Waals surface area (Å²) in [6.07, 6.45) is -13.9. The van der Waals surface area contributed by atoms with Crippen LogP contribution in [0.4, 0.5) is 0 Å². The average Bonchev–Trinajstić information content (AvgIpc) is 2.56. The van der Waals surface area contributed by atoms with Gasteiger partial charge in [0, 0.05) is 0 Å². The minimum atomic E-state index is -3.12. The molecule has 0 aliphatic carbocycles. The maximum atomic E-state index is 12.1. The average molecular weight is 342 g/mol. The lowest BCUT2D eigenvalue weighted by Crippen LogP contribution is -2.72. The molecule has 0 amide bonds. The summed E-state index contributed by atoms with van der Waals surface area (Å²) in [5.41, 5.74) is -3.12. The molecule has 0 bridgehead atoms. The molecule has 9 N–H and O–H groups in total. The Morgan fingerprint density at radius 2 is 1.57 bits per heavy atom. The third kappa shape index (κ3) is 3.53. The summed E-state index contributed by atoms with van der Waals surface area (Å²) >= 11 is 0. The van der Waals surface area contributed by atoms with E-state index in [0.29, 0.717) is 0 Å². The topological polar surface area (TPSA) is 208 Å². The molecule has 0 radical (unpaired) electrons. The van der Waals surface area contributed by atoms with E-state index in [1.54, 1.807) is 0 Å². The zero-order valence-corrected chi connectivity index (χ0v) is 12.0. The number of aliphatic hydroxyl groups excluding tert-OH is 8. The number of ether oxygens (including phenoxy) is 1. The van der Waals surface area contributed by atoms with E-state index in [-0.39, 0.29) is 0 Å². The molecule has 1 heterocycles. The number of ketones is 1. The summed E-state index contributed by atoms with van der Waals surface area (Å²) < 4.78 is 4.99. The minimum absolute atomic E-state index is 0.858. The molecule has 0 unspecified atom stereocenters. The predicted molar refractivity (Wildman–Crippen MR) is 69.9 cm³/mol. The molecular weight excluding hydrogens is 320 g/mol. The van der Waals surface area contributed by atoms with Crippen LogP contribution in [0.1, 0.15) is 0 Å². The zero-order chi connectivity index (χ0) is 17.9. The van der Waals surface area contributed by atoms with Crippen LogP contribution < -0.4 is 0 Å². The lowest BCUT2D eigenvalue weighted by atomic mass is 9.77. The first-order valence-electron chi connectivity index (χ1n) is 6.81. The van der Waals surface area contributed by atoms with Gasteiger partial charge in [-0.25, -0.2) is 0 Å². The van der Waals surface area contributed by atoms with E-state index in [4.69, 9.17) is 20.1 Å². The molecule has 1 saturated heterocycles. The normalized spacial score (nSPS) is 37.0. The molecule has 8 atom stereocenters. The van der Waals surface area contributed by atoms with Gasteiger partial charge in [0.05, 0.1) is 19.8 Å². The van der Waals surface area contributed by atoms with E-state index < -0.39 is 73.9 Å². The van der Waals surface area contributed by atoms with Crippen LogP contribution in [0.5, 0.6) is 0 Å². The summed E-state index contributed by atoms with van der Waals surface area (Å²) in [6, 6.07) is 0. The molecule has 11 heteroatoms. The van der Waals surface area contributed by atoms with Crippen molar-refractivity contribution in [1.29, 1.82) is 0 Å². The van der Waals surface area contributed by atoms with Crippen molar-refractivity contribution in [1.82, 2.24) is 0 Å². The molecule has 0 aromatic rings. The summed E-state index contributed by atoms with van der Waals surface area (Å²) in [7, 11) is 0. The summed E-state index contributed by atoms with van der Waals surface area (Å²) in [4.78, 5) is 12.1. The van der Waals surface area contributed by atoms with Crippen LogP contribution in [-0.4, -0.2) is 120 Å². The first kappa shape index (κ1) is 20.3. The maximum Gasteiger partial charge on any atom is 0.200 e. The molecule has 1 fully saturated rings. The Morgan fingerprint density at radius 1 is 1.00 bits per heavy atom. The summed E-state index contributed by atoms with van der Waals surface area (Å²) in [5.74, 6) is -1.58. The first-order valence-corrected chi connectivity index (χ1v) is 6.81. The Hall–Kier alpha value is -0.730. The van der Waals surface area contributed by atoms with E-state index in [0.717, 1.165) is 0 Å². The van der Waals surface area contributed by atoms with Crippen molar-refractivity contribution in [2.24, 2.45) is 0 Å². The molecule has 0 aromatic carbocycles. The van der Waals surface area contributed by atoms with Gasteiger partial charge in [-0.2, -0.15) is 0 Å². The standard InChI is InChI=1S/C12H22O11/c13-1-4(16)10(21)12(22,6(17)3-15)11-9(20)8(19)7(18)5(2-14)23-11/h4-9,11,13-20,22H,1-3H2/t4-,5-,6-,7-,8+,9-,11+,12-/m1/s1. The Labute approximate surface area is 130 Å². The molecule has 11 nitrogen and oxygen atoms in total. The van der Waals surface area contributed by atoms with Gasteiger partial charge in [0.25, 0.3) is 0 Å². The predicted octanol–water partition coefficient (Wildman–Crippen LogP) is -6.16. The molecule has 1 aliphatic heterocycles. The van der Waals surface area contributed by atoms with Crippen molar-refractivity contribution < 1.29 is 55.5 Å². The molecule has 0 saturated carbocycles. The fourth-order valence-corrected chi connectivity index (χ4v) is 2.45. The molecule has 0 spiro atoms. The van der Waals surface area contributed by atoms with Crippen molar-refractivity contribution in [3.05, 3.63) is 0 Å². The van der Waals surface area contributed by atoms with Crippen LogP contribution in [-0.2, 0) is 9.53 Å². The van der Waals surface area contributed by atoms with Crippen molar-refractivity contribution in [3.63, 3.8) is 0 Å². The largest absolute Gasteiger partial charge is 0.394 e. The number of hydrogen-bond donors (Lipinski definition) is 9. The van der Waals surface area contributed by atoms with Gasteiger partial charge in [-0.15, -0.1) is 0 Å². The van der Waals surface area contributed by atoms with Gasteiger partial charge in [-0.3, -0.25) is 4.79 Å². The van der Waals surface area contributed by atoms with E-state index in [1.807, 2.05) is 0 Å². The van der Waals surface area contributed by atoms with E-state index in [1.165, 1.54) is 0 Å². The number of rotatable bonds is 7. The van der Waals surface area contributed by atoms with Crippen LogP contribution >= 0.6 is 0 Å². The van der Waals surface area contributed by atoms with Crippen molar-refractivity contribution in [2.75, 3.05) is 19.8 Å². The lowest BCUT2D eigenvalue weighted by Gasteiger charge is -2.47. The van der Waals surface area contributed by atoms with Gasteiger partial charge in [0.2, 0.25) is 5.78 Å². The summed E-state index contributed by atoms with van der Waals surface area (Å²) in [5, 5.41) is 85.9. The van der Waals surface area contributed by atoms with Gasteiger partial charge in [-0.1, -0.05) is 0 Å². The SMILES string of the molecule is O=C([C@H](O)CO)[C@](O)([C@H](O)CO)[C@H]1O[C@H](CO)[C@@H](O)[C@H](O)[C@H]1O. The fraction of sp³-hybridized carbons (Fsp3) is 0.917. The summed E-state index contributed by atoms with van der Waals surface area (Å²) in [6.45, 7) is -3.17. The number of aliphatic hydroxyl groups is 9. The zero-order valence-electron chi connectivity index (χ0n) is 12.0. The monoisotopic (exact) mass is 342 g/mol. The van der Waals surface area contributed by atoms with Gasteiger partial charge < -0.3 is 50.7 Å². The Bertz CT molecular complexity index is 402. The van der Waals surface area contributed by atoms with Crippen LogP contribution in [0, 0.1) is 0 Å². The fourth-order valence-electron chi connectivity index (χ4n) is 2.45. The molecule has 1 rings (SSSR count). The number of hydrogen-bond acceptors (Lipinski definition) is 11. The van der Waals surface area contributed by atoms with Crippen LogP contribution in [0.3, 0.4) is 0 Å². The lowest BCUT2D eigenvalue weighted by molar-refractivity contribution is -0.281. The third-order valence-corrected chi connectivity index (χ3v) is 3.88. The van der Waals surface area contributed by atoms with Gasteiger partial charge in [0.15, 0.2) is 5.60 Å². The molecule has 0 aromatic heterocycles. The number of carbonyl (C=O) groups excluding carboxylic acids is 1. The van der Waals surface area contributed by atoms with Crippen LogP contribution in [0.15, 0.2) is 0 Å². The van der Waals surface area contributed by atoms with E-state index in [2.05, 4.69) is 0 Å². The quantitative estimate of drug-likeness (QED) is 0.212. The van der Waals surface area contributed by atoms with Crippen molar-refractivity contribution in [2.45, 2.75) is 48.3 Å². The Morgan fingerprint density at radius 3 is 2.00 bits per heavy atom. The number of carbonyl (C=O) groups is 1. The Balaban J connectivity index is 3.27. The van der Waals surface area contributed by atoms with E-state index in [9.17, 15) is 35.4 Å².